The van der Waals surface area contributed by atoms with Crippen molar-refractivity contribution >= 4 is 33.4 Å². The van der Waals surface area contributed by atoms with E-state index in [2.05, 4.69) is 15.9 Å². The van der Waals surface area contributed by atoms with Crippen LogP contribution in [0.25, 0.3) is 11.1 Å². The smallest absolute Gasteiger partial charge is 0.336 e. The molecule has 2 aromatic carbocycles. The molecule has 2 aromatic rings. The predicted molar refractivity (Wildman–Crippen MR) is 74.4 cm³/mol. The molecular weight excluding hydrogens is 310 g/mol. The molecule has 0 saturated heterocycles. The fourth-order valence-corrected chi connectivity index (χ4v) is 2.68. The van der Waals surface area contributed by atoms with E-state index in [1.807, 2.05) is 0 Å². The van der Waals surface area contributed by atoms with Gasteiger partial charge in [-0.1, -0.05) is 12.1 Å². The lowest BCUT2D eigenvalue weighted by Gasteiger charge is -2.06. The van der Waals surface area contributed by atoms with Gasteiger partial charge in [0.05, 0.1) is 5.56 Å². The highest BCUT2D eigenvalue weighted by Gasteiger charge is 2.31. The number of rotatable bonds is 1. The molecule has 3 N–H and O–H groups in total. The maximum Gasteiger partial charge on any atom is 0.336 e. The van der Waals surface area contributed by atoms with E-state index in [-0.39, 0.29) is 11.3 Å². The molecule has 0 radical (unpaired) electrons. The summed E-state index contributed by atoms with van der Waals surface area (Å²) in [7, 11) is 0. The van der Waals surface area contributed by atoms with Gasteiger partial charge in [0.2, 0.25) is 0 Å². The molecule has 3 rings (SSSR count). The Morgan fingerprint density at radius 1 is 1.16 bits per heavy atom. The van der Waals surface area contributed by atoms with E-state index in [0.29, 0.717) is 32.4 Å². The van der Waals surface area contributed by atoms with Crippen LogP contribution in [0.1, 0.15) is 26.3 Å². The van der Waals surface area contributed by atoms with Crippen LogP contribution in [0.4, 0.5) is 5.69 Å². The first-order valence-electron chi connectivity index (χ1n) is 5.51. The Morgan fingerprint density at radius 2 is 1.89 bits per heavy atom. The minimum atomic E-state index is -1.05. The second kappa shape index (κ2) is 3.93. The van der Waals surface area contributed by atoms with Crippen molar-refractivity contribution in [1.29, 1.82) is 0 Å². The number of carbonyl (C=O) groups is 2. The van der Waals surface area contributed by atoms with Crippen molar-refractivity contribution in [3.05, 3.63) is 51.5 Å². The zero-order chi connectivity index (χ0) is 13.7. The van der Waals surface area contributed by atoms with E-state index >= 15 is 0 Å². The number of fused-ring (bicyclic) bond motifs is 3. The van der Waals surface area contributed by atoms with Crippen LogP contribution in [0.5, 0.6) is 0 Å². The van der Waals surface area contributed by atoms with Crippen LogP contribution in [0, 0.1) is 0 Å². The van der Waals surface area contributed by atoms with E-state index in [1.54, 1.807) is 24.3 Å². The fraction of sp³-hybridized carbons (Fsp3) is 0. The number of hydrogen-bond acceptors (Lipinski definition) is 3. The fourth-order valence-electron chi connectivity index (χ4n) is 2.34. The maximum atomic E-state index is 12.3. The Hall–Kier alpha value is -2.14. The van der Waals surface area contributed by atoms with E-state index < -0.39 is 5.97 Å². The number of benzene rings is 2. The standard InChI is InChI=1S/C14H8BrNO3/c15-10-4-8-9(5-11(10)16)13(17)6-2-1-3-7(12(6)8)14(18)19/h1-5H,16H2,(H,18,19). The number of ketones is 1. The highest BCUT2D eigenvalue weighted by molar-refractivity contribution is 9.10. The molecule has 0 spiro atoms. The van der Waals surface area contributed by atoms with Crippen LogP contribution in [-0.2, 0) is 0 Å². The zero-order valence-corrected chi connectivity index (χ0v) is 11.2. The van der Waals surface area contributed by atoms with Gasteiger partial charge >= 0.3 is 5.97 Å². The molecule has 0 aliphatic heterocycles. The molecule has 0 saturated carbocycles. The van der Waals surface area contributed by atoms with Crippen LogP contribution in [-0.4, -0.2) is 16.9 Å². The number of carboxylic acids is 1. The van der Waals surface area contributed by atoms with Gasteiger partial charge in [0, 0.05) is 26.9 Å². The van der Waals surface area contributed by atoms with E-state index in [1.165, 1.54) is 6.07 Å². The minimum absolute atomic E-state index is 0.126. The second-order valence-electron chi connectivity index (χ2n) is 4.28. The lowest BCUT2D eigenvalue weighted by molar-refractivity contribution is 0.0697. The van der Waals surface area contributed by atoms with Crippen molar-refractivity contribution in [2.45, 2.75) is 0 Å². The lowest BCUT2D eigenvalue weighted by Crippen LogP contribution is -2.00. The molecule has 0 atom stereocenters. The number of carboxylic acid groups (broad SMARTS) is 1. The number of hydrogen-bond donors (Lipinski definition) is 2. The molecule has 94 valence electrons. The van der Waals surface area contributed by atoms with Gasteiger partial charge in [0.25, 0.3) is 0 Å². The summed E-state index contributed by atoms with van der Waals surface area (Å²) in [6.45, 7) is 0. The summed E-state index contributed by atoms with van der Waals surface area (Å²) in [4.78, 5) is 23.5. The maximum absolute atomic E-state index is 12.3. The normalized spacial score (nSPS) is 12.2. The third-order valence-electron chi connectivity index (χ3n) is 3.19. The summed E-state index contributed by atoms with van der Waals surface area (Å²) in [5.41, 5.74) is 8.29. The third-order valence-corrected chi connectivity index (χ3v) is 3.88. The Morgan fingerprint density at radius 3 is 2.58 bits per heavy atom. The molecule has 0 amide bonds. The van der Waals surface area contributed by atoms with Gasteiger partial charge in [-0.2, -0.15) is 0 Å². The first kappa shape index (κ1) is 11.9. The zero-order valence-electron chi connectivity index (χ0n) is 9.61. The van der Waals surface area contributed by atoms with Crippen molar-refractivity contribution in [1.82, 2.24) is 0 Å². The van der Waals surface area contributed by atoms with Crippen molar-refractivity contribution in [3.63, 3.8) is 0 Å². The number of halogens is 1. The van der Waals surface area contributed by atoms with Crippen molar-refractivity contribution in [3.8, 4) is 11.1 Å². The molecule has 5 heteroatoms. The molecule has 19 heavy (non-hydrogen) atoms. The molecule has 0 unspecified atom stereocenters. The molecule has 0 aromatic heterocycles. The average Bonchev–Trinajstić information content (AvgIpc) is 2.64. The summed E-state index contributed by atoms with van der Waals surface area (Å²) in [5, 5.41) is 9.24. The Kier molecular flexibility index (Phi) is 2.46. The van der Waals surface area contributed by atoms with Crippen LogP contribution < -0.4 is 5.73 Å². The summed E-state index contributed by atoms with van der Waals surface area (Å²) < 4.78 is 0.645. The topological polar surface area (TPSA) is 80.4 Å². The van der Waals surface area contributed by atoms with Crippen LogP contribution in [0.2, 0.25) is 0 Å². The van der Waals surface area contributed by atoms with Gasteiger partial charge < -0.3 is 10.8 Å². The van der Waals surface area contributed by atoms with Crippen LogP contribution >= 0.6 is 15.9 Å². The molecule has 1 aliphatic rings. The van der Waals surface area contributed by atoms with Gasteiger partial charge in [0.15, 0.2) is 5.78 Å². The average molecular weight is 318 g/mol. The summed E-state index contributed by atoms with van der Waals surface area (Å²) in [6, 6.07) is 7.97. The predicted octanol–water partition coefficient (Wildman–Crippen LogP) is 2.94. The number of nitrogens with two attached hydrogens (primary N) is 1. The molecule has 1 aliphatic carbocycles. The Balaban J connectivity index is 2.41. The van der Waals surface area contributed by atoms with E-state index in [9.17, 15) is 14.7 Å². The number of aromatic carboxylic acids is 1. The van der Waals surface area contributed by atoms with Gasteiger partial charge in [0.1, 0.15) is 0 Å². The molecule has 4 nitrogen and oxygen atoms in total. The monoisotopic (exact) mass is 317 g/mol. The minimum Gasteiger partial charge on any atom is -0.478 e. The molecule has 0 heterocycles. The highest BCUT2D eigenvalue weighted by Crippen LogP contribution is 2.41. The van der Waals surface area contributed by atoms with Gasteiger partial charge in [-0.25, -0.2) is 4.79 Å². The lowest BCUT2D eigenvalue weighted by atomic mass is 9.99. The van der Waals surface area contributed by atoms with Crippen molar-refractivity contribution < 1.29 is 14.7 Å². The van der Waals surface area contributed by atoms with Gasteiger partial charge in [-0.05, 0) is 39.7 Å². The van der Waals surface area contributed by atoms with Gasteiger partial charge in [-0.15, -0.1) is 0 Å². The van der Waals surface area contributed by atoms with E-state index in [4.69, 9.17) is 5.73 Å². The quantitative estimate of drug-likeness (QED) is 0.676. The Bertz CT molecular complexity index is 753. The first-order valence-corrected chi connectivity index (χ1v) is 6.30. The Labute approximate surface area is 117 Å². The summed E-state index contributed by atoms with van der Waals surface area (Å²) in [6.07, 6.45) is 0. The van der Waals surface area contributed by atoms with Crippen LogP contribution in [0.15, 0.2) is 34.8 Å². The molecule has 0 bridgehead atoms. The number of carbonyl (C=O) groups excluding carboxylic acids is 1. The second-order valence-corrected chi connectivity index (χ2v) is 5.14. The molecule has 0 fully saturated rings. The number of nitrogen functional groups attached to an aromatic ring is 1. The van der Waals surface area contributed by atoms with E-state index in [0.717, 1.165) is 0 Å². The number of anilines is 1. The molecular formula is C14H8BrNO3. The summed E-state index contributed by atoms with van der Waals surface area (Å²) in [5.74, 6) is -1.24. The van der Waals surface area contributed by atoms with Crippen molar-refractivity contribution in [2.24, 2.45) is 0 Å². The first-order chi connectivity index (χ1) is 9.00. The third kappa shape index (κ3) is 1.58. The highest BCUT2D eigenvalue weighted by atomic mass is 79.9. The summed E-state index contributed by atoms with van der Waals surface area (Å²) >= 11 is 3.30. The van der Waals surface area contributed by atoms with Gasteiger partial charge in [-0.3, -0.25) is 4.79 Å². The van der Waals surface area contributed by atoms with Crippen molar-refractivity contribution in [2.75, 3.05) is 5.73 Å². The largest absolute Gasteiger partial charge is 0.478 e. The van der Waals surface area contributed by atoms with Crippen LogP contribution in [0.3, 0.4) is 0 Å². The SMILES string of the molecule is Nc1cc2c(cc1Br)-c1c(C(=O)O)cccc1C2=O.